The molecule has 2 nitrogen and oxygen atoms in total. The van der Waals surface area contributed by atoms with Crippen molar-refractivity contribution in [3.63, 3.8) is 0 Å². The van der Waals surface area contributed by atoms with E-state index >= 15 is 0 Å². The first-order valence-corrected chi connectivity index (χ1v) is 20.9. The zero-order valence-electron chi connectivity index (χ0n) is 31.9. The third-order valence-corrected chi connectivity index (χ3v) is 13.4. The third-order valence-electron chi connectivity index (χ3n) is 13.4. The van der Waals surface area contributed by atoms with E-state index in [1.807, 2.05) is 0 Å². The van der Waals surface area contributed by atoms with Gasteiger partial charge in [-0.1, -0.05) is 176 Å². The summed E-state index contributed by atoms with van der Waals surface area (Å²) in [4.78, 5) is 2.78. The van der Waals surface area contributed by atoms with Crippen molar-refractivity contribution in [2.45, 2.75) is 56.1 Å². The average Bonchev–Trinajstić information content (AvgIpc) is 3.79. The number of aromatic nitrogens is 1. The van der Waals surface area contributed by atoms with Crippen molar-refractivity contribution in [1.82, 2.24) is 4.57 Å². The number of rotatable bonds is 6. The molecule has 2 heterocycles. The summed E-state index contributed by atoms with van der Waals surface area (Å²) in [6.07, 6.45) is 48.4. The Morgan fingerprint density at radius 2 is 1.32 bits per heavy atom. The fourth-order valence-corrected chi connectivity index (χ4v) is 10.7. The molecule has 0 bridgehead atoms. The summed E-state index contributed by atoms with van der Waals surface area (Å²) in [5.41, 5.74) is 14.2. The standard InChI is InChI=1S/C54H48N2/c1-4-14-37(15-5-1)40-24-28-45(29-25-40)55-51-22-12-10-20-47(51)49-30-26-41(35-53(49)55)42-27-31-50-48-21-11-13-23-52(48)56(54(50)36-42)46-33-43(38-16-6-2-7-17-38)32-44(34-46)39-18-8-3-9-19-39/h1-14,16-18,20-28,30-32,34,36-37,39,41,45-46,50,54H,15,19,29,33,35H2. The molecule has 4 aromatic rings. The van der Waals surface area contributed by atoms with Crippen LogP contribution in [0.15, 0.2) is 199 Å². The second kappa shape index (κ2) is 14.0. The van der Waals surface area contributed by atoms with Crippen LogP contribution in [0, 0.1) is 17.8 Å². The molecule has 0 spiro atoms. The Morgan fingerprint density at radius 3 is 2.12 bits per heavy atom. The van der Waals surface area contributed by atoms with E-state index in [1.54, 1.807) is 0 Å². The number of allylic oxidation sites excluding steroid dienone is 17. The summed E-state index contributed by atoms with van der Waals surface area (Å²) in [6.45, 7) is 0. The smallest absolute Gasteiger partial charge is 0.0589 e. The Morgan fingerprint density at radius 1 is 0.554 bits per heavy atom. The molecule has 0 fully saturated rings. The van der Waals surface area contributed by atoms with Crippen LogP contribution in [-0.2, 0) is 6.42 Å². The number of fused-ring (bicyclic) bond motifs is 6. The Kier molecular flexibility index (Phi) is 8.38. The molecule has 3 aromatic carbocycles. The maximum atomic E-state index is 2.78. The summed E-state index contributed by atoms with van der Waals surface area (Å²) in [5.74, 6) is 1.56. The molecule has 274 valence electrons. The van der Waals surface area contributed by atoms with Crippen LogP contribution < -0.4 is 4.90 Å². The first-order chi connectivity index (χ1) is 27.8. The van der Waals surface area contributed by atoms with Gasteiger partial charge in [0, 0.05) is 51.5 Å². The van der Waals surface area contributed by atoms with Gasteiger partial charge in [0.2, 0.25) is 0 Å². The summed E-state index contributed by atoms with van der Waals surface area (Å²) >= 11 is 0. The predicted molar refractivity (Wildman–Crippen MR) is 235 cm³/mol. The van der Waals surface area contributed by atoms with E-state index in [2.05, 4.69) is 198 Å². The van der Waals surface area contributed by atoms with E-state index < -0.39 is 0 Å². The lowest BCUT2D eigenvalue weighted by molar-refractivity contribution is 0.568. The minimum atomic E-state index is 0.261. The van der Waals surface area contributed by atoms with Gasteiger partial charge in [-0.25, -0.2) is 0 Å². The van der Waals surface area contributed by atoms with E-state index in [9.17, 15) is 0 Å². The molecule has 0 N–H and O–H groups in total. The first kappa shape index (κ1) is 33.5. The Balaban J connectivity index is 0.936. The number of para-hydroxylation sites is 2. The Hall–Kier alpha value is -5.86. The number of nitrogens with zero attached hydrogens (tertiary/aromatic N) is 2. The predicted octanol–water partition coefficient (Wildman–Crippen LogP) is 12.8. The van der Waals surface area contributed by atoms with Crippen molar-refractivity contribution in [2.75, 3.05) is 4.90 Å². The Bertz CT molecular complexity index is 2550. The molecule has 11 rings (SSSR count). The van der Waals surface area contributed by atoms with Gasteiger partial charge in [-0.15, -0.1) is 0 Å². The fourth-order valence-electron chi connectivity index (χ4n) is 10.7. The van der Waals surface area contributed by atoms with Gasteiger partial charge >= 0.3 is 0 Å². The summed E-state index contributed by atoms with van der Waals surface area (Å²) < 4.78 is 2.68. The second-order valence-electron chi connectivity index (χ2n) is 16.6. The van der Waals surface area contributed by atoms with Gasteiger partial charge in [0.15, 0.2) is 0 Å². The molecule has 56 heavy (non-hydrogen) atoms. The normalized spacial score (nSPS) is 28.4. The summed E-state index contributed by atoms with van der Waals surface area (Å²) in [7, 11) is 0. The van der Waals surface area contributed by atoms with Crippen LogP contribution in [0.1, 0.15) is 60.0 Å². The first-order valence-electron chi connectivity index (χ1n) is 20.9. The quantitative estimate of drug-likeness (QED) is 0.192. The van der Waals surface area contributed by atoms with Crippen LogP contribution in [-0.4, -0.2) is 16.7 Å². The maximum Gasteiger partial charge on any atom is 0.0589 e. The maximum absolute atomic E-state index is 2.78. The van der Waals surface area contributed by atoms with Crippen molar-refractivity contribution in [3.8, 4) is 0 Å². The van der Waals surface area contributed by atoms with Gasteiger partial charge in [-0.2, -0.15) is 0 Å². The van der Waals surface area contributed by atoms with Crippen LogP contribution in [0.5, 0.6) is 0 Å². The molecule has 0 saturated carbocycles. The van der Waals surface area contributed by atoms with Crippen LogP contribution in [0.4, 0.5) is 5.69 Å². The van der Waals surface area contributed by atoms with Crippen molar-refractivity contribution in [3.05, 3.63) is 221 Å². The van der Waals surface area contributed by atoms with Crippen molar-refractivity contribution >= 4 is 28.2 Å². The monoisotopic (exact) mass is 724 g/mol. The number of anilines is 1. The van der Waals surface area contributed by atoms with Gasteiger partial charge in [0.1, 0.15) is 0 Å². The molecule has 6 aliphatic carbocycles. The van der Waals surface area contributed by atoms with Crippen LogP contribution in [0.3, 0.4) is 0 Å². The zero-order valence-corrected chi connectivity index (χ0v) is 31.9. The van der Waals surface area contributed by atoms with Crippen LogP contribution >= 0.6 is 0 Å². The van der Waals surface area contributed by atoms with Crippen molar-refractivity contribution in [1.29, 1.82) is 0 Å². The highest BCUT2D eigenvalue weighted by atomic mass is 15.2. The molecule has 7 aliphatic rings. The molecule has 1 aromatic heterocycles. The van der Waals surface area contributed by atoms with E-state index in [1.165, 1.54) is 61.3 Å². The third kappa shape index (κ3) is 5.77. The highest BCUT2D eigenvalue weighted by Crippen LogP contribution is 2.49. The number of hydrogen-bond donors (Lipinski definition) is 0. The largest absolute Gasteiger partial charge is 0.357 e. The van der Waals surface area contributed by atoms with E-state index in [-0.39, 0.29) is 12.1 Å². The van der Waals surface area contributed by atoms with Crippen LogP contribution in [0.25, 0.3) is 22.6 Å². The number of hydrogen-bond acceptors (Lipinski definition) is 1. The highest BCUT2D eigenvalue weighted by molar-refractivity contribution is 5.92. The molecule has 7 atom stereocenters. The van der Waals surface area contributed by atoms with E-state index in [4.69, 9.17) is 0 Å². The van der Waals surface area contributed by atoms with E-state index in [0.29, 0.717) is 29.7 Å². The minimum Gasteiger partial charge on any atom is -0.357 e. The van der Waals surface area contributed by atoms with Gasteiger partial charge in [-0.3, -0.25) is 0 Å². The molecular formula is C54H48N2. The molecule has 0 saturated heterocycles. The molecule has 0 amide bonds. The lowest BCUT2D eigenvalue weighted by Gasteiger charge is -2.39. The van der Waals surface area contributed by atoms with E-state index in [0.717, 1.165) is 32.1 Å². The minimum absolute atomic E-state index is 0.261. The van der Waals surface area contributed by atoms with Gasteiger partial charge in [0.25, 0.3) is 0 Å². The van der Waals surface area contributed by atoms with Crippen molar-refractivity contribution in [2.24, 2.45) is 17.8 Å². The molecule has 0 radical (unpaired) electrons. The molecular weight excluding hydrogens is 677 g/mol. The van der Waals surface area contributed by atoms with Gasteiger partial charge in [0.05, 0.1) is 18.1 Å². The topological polar surface area (TPSA) is 8.17 Å². The van der Waals surface area contributed by atoms with Crippen LogP contribution in [0.2, 0.25) is 0 Å². The van der Waals surface area contributed by atoms with Gasteiger partial charge < -0.3 is 9.47 Å². The van der Waals surface area contributed by atoms with Crippen molar-refractivity contribution < 1.29 is 0 Å². The van der Waals surface area contributed by atoms with Gasteiger partial charge in [-0.05, 0) is 77.7 Å². The summed E-state index contributed by atoms with van der Waals surface area (Å²) in [5, 5.41) is 1.37. The SMILES string of the molecule is C1=CCC(C2=CCC(n3c4c(c5ccccc53)C=CC(C3=CC5C(C=C3)c3ccccc3N5C3C=C(C5C=CC=CC5)C=C(c5ccccc5)C3)C4)C=C2)C=C1. The second-order valence-corrected chi connectivity index (χ2v) is 16.6. The zero-order chi connectivity index (χ0) is 37.0. The average molecular weight is 725 g/mol. The fraction of sp³-hybridized carbons (Fsp3) is 0.222. The lowest BCUT2D eigenvalue weighted by atomic mass is 9.80. The lowest BCUT2D eigenvalue weighted by Crippen LogP contribution is -2.42. The molecule has 7 unspecified atom stereocenters. The molecule has 1 aliphatic heterocycles. The molecule has 2 heteroatoms. The highest BCUT2D eigenvalue weighted by Gasteiger charge is 2.42. The summed E-state index contributed by atoms with van der Waals surface area (Å²) in [6, 6.07) is 30.2. The Labute approximate surface area is 331 Å². The number of benzene rings is 3.